The van der Waals surface area contributed by atoms with Crippen LogP contribution in [-0.2, 0) is 11.0 Å². The molecular formula is C29H29ClF3N9O2. The van der Waals surface area contributed by atoms with Crippen LogP contribution in [0.1, 0.15) is 24.8 Å². The number of benzene rings is 1. The van der Waals surface area contributed by atoms with Crippen molar-refractivity contribution in [1.29, 1.82) is 5.26 Å². The van der Waals surface area contributed by atoms with Gasteiger partial charge in [0.25, 0.3) is 5.56 Å². The molecule has 1 aromatic carbocycles. The zero-order valence-electron chi connectivity index (χ0n) is 23.7. The lowest BCUT2D eigenvalue weighted by Gasteiger charge is -2.41. The van der Waals surface area contributed by atoms with Crippen molar-refractivity contribution in [2.24, 2.45) is 0 Å². The molecular weight excluding hydrogens is 599 g/mol. The number of carbonyl (C=O) groups is 1. The number of piperazine rings is 2. The summed E-state index contributed by atoms with van der Waals surface area (Å²) in [5, 5.41) is 13.3. The molecule has 0 aliphatic carbocycles. The van der Waals surface area contributed by atoms with Crippen LogP contribution >= 0.6 is 11.6 Å². The smallest absolute Gasteiger partial charge is 0.352 e. The number of aromatic nitrogens is 4. The molecule has 0 bridgehead atoms. The molecule has 3 aliphatic rings. The van der Waals surface area contributed by atoms with Crippen molar-refractivity contribution in [2.45, 2.75) is 37.5 Å². The van der Waals surface area contributed by atoms with Crippen LogP contribution in [0.15, 0.2) is 41.8 Å². The molecule has 6 rings (SSSR count). The number of alkyl halides is 3. The Bertz CT molecular complexity index is 1720. The molecule has 15 heteroatoms. The first-order chi connectivity index (χ1) is 21.1. The van der Waals surface area contributed by atoms with E-state index in [0.717, 1.165) is 38.1 Å². The molecule has 230 valence electrons. The maximum Gasteiger partial charge on any atom is 0.419 e. The van der Waals surface area contributed by atoms with E-state index >= 15 is 0 Å². The van der Waals surface area contributed by atoms with E-state index in [1.807, 2.05) is 9.80 Å². The average Bonchev–Trinajstić information content (AvgIpc) is 3.48. The lowest BCUT2D eigenvalue weighted by Crippen LogP contribution is -2.55. The highest BCUT2D eigenvalue weighted by molar-refractivity contribution is 6.31. The third kappa shape index (κ3) is 5.35. The average molecular weight is 628 g/mol. The van der Waals surface area contributed by atoms with Gasteiger partial charge < -0.3 is 14.7 Å². The summed E-state index contributed by atoms with van der Waals surface area (Å²) >= 11 is 5.95. The predicted octanol–water partition coefficient (Wildman–Crippen LogP) is 3.25. The first-order valence-electron chi connectivity index (χ1n) is 14.3. The summed E-state index contributed by atoms with van der Waals surface area (Å²) in [6.45, 7) is 7.50. The van der Waals surface area contributed by atoms with Crippen LogP contribution in [0.4, 0.5) is 24.9 Å². The quantitative estimate of drug-likeness (QED) is 0.393. The van der Waals surface area contributed by atoms with E-state index in [1.54, 1.807) is 4.90 Å². The minimum absolute atomic E-state index is 0.0651. The van der Waals surface area contributed by atoms with E-state index in [1.165, 1.54) is 18.3 Å². The minimum atomic E-state index is -4.84. The largest absolute Gasteiger partial charge is 0.419 e. The molecule has 3 aliphatic heterocycles. The van der Waals surface area contributed by atoms with Crippen LogP contribution in [0.5, 0.6) is 0 Å². The van der Waals surface area contributed by atoms with E-state index in [0.29, 0.717) is 36.2 Å². The molecule has 3 saturated heterocycles. The number of carbonyl (C=O) groups excluding carboxylic acids is 1. The van der Waals surface area contributed by atoms with Gasteiger partial charge in [-0.25, -0.2) is 4.98 Å². The molecule has 2 atom stereocenters. The van der Waals surface area contributed by atoms with Crippen molar-refractivity contribution in [3.8, 4) is 11.8 Å². The van der Waals surface area contributed by atoms with Gasteiger partial charge in [0.15, 0.2) is 0 Å². The van der Waals surface area contributed by atoms with Crippen molar-refractivity contribution in [1.82, 2.24) is 29.5 Å². The number of halogens is 4. The van der Waals surface area contributed by atoms with Crippen LogP contribution in [0.3, 0.4) is 0 Å². The highest BCUT2D eigenvalue weighted by Crippen LogP contribution is 2.38. The van der Waals surface area contributed by atoms with Gasteiger partial charge >= 0.3 is 6.18 Å². The van der Waals surface area contributed by atoms with Crippen LogP contribution in [0.2, 0.25) is 5.02 Å². The van der Waals surface area contributed by atoms with Crippen molar-refractivity contribution < 1.29 is 18.0 Å². The lowest BCUT2D eigenvalue weighted by atomic mass is 10.1. The summed E-state index contributed by atoms with van der Waals surface area (Å²) in [7, 11) is 0. The van der Waals surface area contributed by atoms with Gasteiger partial charge in [-0.3, -0.25) is 14.5 Å². The number of anilines is 2. The topological polar surface area (TPSA) is 114 Å². The highest BCUT2D eigenvalue weighted by Gasteiger charge is 2.38. The summed E-state index contributed by atoms with van der Waals surface area (Å²) in [4.78, 5) is 43.9. The zero-order valence-corrected chi connectivity index (χ0v) is 24.4. The van der Waals surface area contributed by atoms with Crippen LogP contribution in [0.25, 0.3) is 16.6 Å². The molecule has 0 radical (unpaired) electrons. The second kappa shape index (κ2) is 11.7. The summed E-state index contributed by atoms with van der Waals surface area (Å²) in [5.41, 5.74) is -2.63. The van der Waals surface area contributed by atoms with Gasteiger partial charge in [-0.2, -0.15) is 33.2 Å². The molecule has 11 nitrogen and oxygen atoms in total. The summed E-state index contributed by atoms with van der Waals surface area (Å²) in [5.74, 6) is 0.364. The number of nitrogens with zero attached hydrogens (tertiary/aromatic N) is 9. The van der Waals surface area contributed by atoms with Gasteiger partial charge in [-0.05, 0) is 37.6 Å². The SMILES string of the molecule is C=CC(=O)N1CCN(c2nc(N3CCN4CCCC4C3)nc3c(=O)n(-c4cccc(Cl)c4C(F)(F)F)ncc23)C[C@H]1CC#N. The fraction of sp³-hybridized carbons (Fsp3) is 0.448. The van der Waals surface area contributed by atoms with Crippen LogP contribution in [0, 0.1) is 11.3 Å². The molecule has 1 amide bonds. The van der Waals surface area contributed by atoms with Gasteiger partial charge in [-0.1, -0.05) is 24.2 Å². The third-order valence-corrected chi connectivity index (χ3v) is 8.87. The second-order valence-corrected chi connectivity index (χ2v) is 11.5. The number of nitriles is 1. The molecule has 0 N–H and O–H groups in total. The number of hydrogen-bond donors (Lipinski definition) is 0. The third-order valence-electron chi connectivity index (χ3n) is 8.55. The Balaban J connectivity index is 1.50. The molecule has 1 unspecified atom stereocenters. The van der Waals surface area contributed by atoms with Gasteiger partial charge in [-0.15, -0.1) is 0 Å². The summed E-state index contributed by atoms with van der Waals surface area (Å²) in [6.07, 6.45) is -0.170. The normalized spacial score (nSPS) is 20.9. The fourth-order valence-electron chi connectivity index (χ4n) is 6.43. The Morgan fingerprint density at radius 3 is 2.68 bits per heavy atom. The standard InChI is InChI=1S/C29H29ClF3N9O2/c1-2-23(43)41-14-13-39(17-19(41)8-9-34)26-20-15-35-42(22-7-3-6-21(30)24(22)29(31,32)33)27(44)25(20)36-28(37-26)40-12-11-38-10-4-5-18(38)16-40/h2-3,6-7,15,18-19H,1,4-5,8,10-14,16-17H2/t18?,19-/m1/s1. The zero-order chi connectivity index (χ0) is 31.2. The maximum absolute atomic E-state index is 14.0. The number of fused-ring (bicyclic) bond motifs is 2. The molecule has 3 fully saturated rings. The van der Waals surface area contributed by atoms with Gasteiger partial charge in [0.2, 0.25) is 11.9 Å². The predicted molar refractivity (Wildman–Crippen MR) is 158 cm³/mol. The Kier molecular flexibility index (Phi) is 7.93. The van der Waals surface area contributed by atoms with E-state index in [2.05, 4.69) is 27.6 Å². The van der Waals surface area contributed by atoms with Crippen molar-refractivity contribution >= 4 is 40.2 Å². The Morgan fingerprint density at radius 1 is 1.14 bits per heavy atom. The van der Waals surface area contributed by atoms with Crippen molar-refractivity contribution in [3.05, 3.63) is 58.0 Å². The number of rotatable bonds is 5. The first kappa shape index (κ1) is 29.8. The Morgan fingerprint density at radius 2 is 1.93 bits per heavy atom. The summed E-state index contributed by atoms with van der Waals surface area (Å²) < 4.78 is 42.8. The number of amides is 1. The number of hydrogen-bond acceptors (Lipinski definition) is 9. The molecule has 44 heavy (non-hydrogen) atoms. The van der Waals surface area contributed by atoms with Gasteiger partial charge in [0.05, 0.1) is 46.4 Å². The van der Waals surface area contributed by atoms with Crippen molar-refractivity contribution in [2.75, 3.05) is 55.6 Å². The highest BCUT2D eigenvalue weighted by atomic mass is 35.5. The molecule has 3 aromatic rings. The minimum Gasteiger partial charge on any atom is -0.352 e. The lowest BCUT2D eigenvalue weighted by molar-refractivity contribution is -0.137. The second-order valence-electron chi connectivity index (χ2n) is 11.1. The fourth-order valence-corrected chi connectivity index (χ4v) is 6.70. The monoisotopic (exact) mass is 627 g/mol. The molecule has 0 saturated carbocycles. The van der Waals surface area contributed by atoms with E-state index in [9.17, 15) is 28.0 Å². The maximum atomic E-state index is 14.0. The van der Waals surface area contributed by atoms with Gasteiger partial charge in [0, 0.05) is 45.3 Å². The van der Waals surface area contributed by atoms with E-state index < -0.39 is 34.1 Å². The first-order valence-corrected chi connectivity index (χ1v) is 14.7. The van der Waals surface area contributed by atoms with Crippen LogP contribution in [-0.4, -0.2) is 93.4 Å². The summed E-state index contributed by atoms with van der Waals surface area (Å²) in [6, 6.07) is 5.54. The van der Waals surface area contributed by atoms with Crippen molar-refractivity contribution in [3.63, 3.8) is 0 Å². The molecule has 0 spiro atoms. The molecule has 5 heterocycles. The van der Waals surface area contributed by atoms with Gasteiger partial charge in [0.1, 0.15) is 11.3 Å². The van der Waals surface area contributed by atoms with E-state index in [4.69, 9.17) is 16.6 Å². The van der Waals surface area contributed by atoms with Crippen LogP contribution < -0.4 is 15.4 Å². The Labute approximate surface area is 255 Å². The Hall–Kier alpha value is -4.22. The van der Waals surface area contributed by atoms with E-state index in [-0.39, 0.29) is 42.3 Å². The molecule has 2 aromatic heterocycles.